The Hall–Kier alpha value is -1.84. The third-order valence-corrected chi connectivity index (χ3v) is 3.84. The van der Waals surface area contributed by atoms with Crippen molar-refractivity contribution in [2.75, 3.05) is 13.1 Å². The summed E-state index contributed by atoms with van der Waals surface area (Å²) in [5, 5.41) is 5.63. The first-order valence-electron chi connectivity index (χ1n) is 7.75. The summed E-state index contributed by atoms with van der Waals surface area (Å²) >= 11 is 0. The first-order chi connectivity index (χ1) is 10.1. The fourth-order valence-electron chi connectivity index (χ4n) is 2.54. The van der Waals surface area contributed by atoms with E-state index in [9.17, 15) is 9.59 Å². The minimum atomic E-state index is -0.0674. The van der Waals surface area contributed by atoms with Gasteiger partial charge in [-0.25, -0.2) is 0 Å². The maximum atomic E-state index is 12.1. The highest BCUT2D eigenvalue weighted by Crippen LogP contribution is 2.22. The van der Waals surface area contributed by atoms with Crippen LogP contribution in [0.2, 0.25) is 0 Å². The fourth-order valence-corrected chi connectivity index (χ4v) is 2.54. The molecule has 21 heavy (non-hydrogen) atoms. The average Bonchev–Trinajstić information content (AvgIpc) is 2.50. The molecule has 1 aliphatic rings. The summed E-state index contributed by atoms with van der Waals surface area (Å²) in [6.45, 7) is 4.62. The first kappa shape index (κ1) is 15.5. The quantitative estimate of drug-likeness (QED) is 0.815. The SMILES string of the molecule is CC(C)C(=O)NCCNC(=O)c1ccc2c(c1)CCCC2. The van der Waals surface area contributed by atoms with Gasteiger partial charge in [-0.2, -0.15) is 0 Å². The summed E-state index contributed by atoms with van der Waals surface area (Å²) in [5.41, 5.74) is 3.40. The summed E-state index contributed by atoms with van der Waals surface area (Å²) in [4.78, 5) is 23.5. The molecule has 2 N–H and O–H groups in total. The molecule has 0 heterocycles. The van der Waals surface area contributed by atoms with Crippen molar-refractivity contribution < 1.29 is 9.59 Å². The van der Waals surface area contributed by atoms with Gasteiger partial charge in [0.15, 0.2) is 0 Å². The van der Waals surface area contributed by atoms with Crippen molar-refractivity contribution in [2.45, 2.75) is 39.5 Å². The molecule has 0 radical (unpaired) electrons. The van der Waals surface area contributed by atoms with E-state index in [0.29, 0.717) is 18.7 Å². The fraction of sp³-hybridized carbons (Fsp3) is 0.529. The Morgan fingerprint density at radius 1 is 1.05 bits per heavy atom. The number of amides is 2. The van der Waals surface area contributed by atoms with Crippen LogP contribution in [-0.2, 0) is 17.6 Å². The molecular formula is C17H24N2O2. The Morgan fingerprint density at radius 3 is 2.43 bits per heavy atom. The highest BCUT2D eigenvalue weighted by molar-refractivity contribution is 5.94. The van der Waals surface area contributed by atoms with E-state index < -0.39 is 0 Å². The van der Waals surface area contributed by atoms with Crippen LogP contribution in [0.4, 0.5) is 0 Å². The number of carbonyl (C=O) groups excluding carboxylic acids is 2. The zero-order valence-electron chi connectivity index (χ0n) is 12.9. The van der Waals surface area contributed by atoms with Crippen molar-refractivity contribution in [3.05, 3.63) is 34.9 Å². The molecule has 1 aliphatic carbocycles. The maximum Gasteiger partial charge on any atom is 0.251 e. The molecule has 0 spiro atoms. The van der Waals surface area contributed by atoms with Crippen LogP contribution in [-0.4, -0.2) is 24.9 Å². The van der Waals surface area contributed by atoms with Crippen molar-refractivity contribution in [1.82, 2.24) is 10.6 Å². The predicted octanol–water partition coefficient (Wildman–Crippen LogP) is 2.07. The monoisotopic (exact) mass is 288 g/mol. The molecule has 4 nitrogen and oxygen atoms in total. The summed E-state index contributed by atoms with van der Waals surface area (Å²) < 4.78 is 0. The molecule has 0 unspecified atom stereocenters. The minimum Gasteiger partial charge on any atom is -0.354 e. The molecule has 0 saturated heterocycles. The van der Waals surface area contributed by atoms with Gasteiger partial charge in [0.05, 0.1) is 0 Å². The van der Waals surface area contributed by atoms with Crippen LogP contribution in [0.25, 0.3) is 0 Å². The van der Waals surface area contributed by atoms with E-state index in [-0.39, 0.29) is 17.7 Å². The largest absolute Gasteiger partial charge is 0.354 e. The van der Waals surface area contributed by atoms with E-state index in [1.54, 1.807) is 0 Å². The molecule has 0 atom stereocenters. The van der Waals surface area contributed by atoms with Gasteiger partial charge >= 0.3 is 0 Å². The minimum absolute atomic E-state index is 0.0121. The van der Waals surface area contributed by atoms with E-state index in [0.717, 1.165) is 12.8 Å². The van der Waals surface area contributed by atoms with Crippen molar-refractivity contribution in [2.24, 2.45) is 5.92 Å². The number of fused-ring (bicyclic) bond motifs is 1. The van der Waals surface area contributed by atoms with Crippen molar-refractivity contribution in [3.8, 4) is 0 Å². The Morgan fingerprint density at radius 2 is 1.71 bits per heavy atom. The van der Waals surface area contributed by atoms with Gasteiger partial charge in [0, 0.05) is 24.6 Å². The number of rotatable bonds is 5. The third-order valence-electron chi connectivity index (χ3n) is 3.84. The van der Waals surface area contributed by atoms with Crippen molar-refractivity contribution in [3.63, 3.8) is 0 Å². The lowest BCUT2D eigenvalue weighted by Crippen LogP contribution is -2.36. The van der Waals surface area contributed by atoms with Crippen LogP contribution < -0.4 is 10.6 Å². The maximum absolute atomic E-state index is 12.1. The highest BCUT2D eigenvalue weighted by atomic mass is 16.2. The van der Waals surface area contributed by atoms with Gasteiger partial charge in [-0.3, -0.25) is 9.59 Å². The molecule has 1 aromatic rings. The Kier molecular flexibility index (Phi) is 5.37. The van der Waals surface area contributed by atoms with Gasteiger partial charge in [0.1, 0.15) is 0 Å². The van der Waals surface area contributed by atoms with Crippen LogP contribution in [0.15, 0.2) is 18.2 Å². The molecule has 0 saturated carbocycles. The van der Waals surface area contributed by atoms with E-state index in [1.165, 1.54) is 24.0 Å². The zero-order chi connectivity index (χ0) is 15.2. The Labute approximate surface area is 126 Å². The molecule has 0 aromatic heterocycles. The third kappa shape index (κ3) is 4.31. The molecule has 114 valence electrons. The van der Waals surface area contributed by atoms with E-state index in [1.807, 2.05) is 26.0 Å². The van der Waals surface area contributed by atoms with E-state index >= 15 is 0 Å². The number of hydrogen-bond acceptors (Lipinski definition) is 2. The zero-order valence-corrected chi connectivity index (χ0v) is 12.9. The normalized spacial score (nSPS) is 13.7. The van der Waals surface area contributed by atoms with Crippen LogP contribution >= 0.6 is 0 Å². The standard InChI is InChI=1S/C17H24N2O2/c1-12(2)16(20)18-9-10-19-17(21)15-8-7-13-5-3-4-6-14(13)11-15/h7-8,11-12H,3-6,9-10H2,1-2H3,(H,18,20)(H,19,21). The van der Waals surface area contributed by atoms with Gasteiger partial charge in [-0.15, -0.1) is 0 Å². The number of hydrogen-bond donors (Lipinski definition) is 2. The van der Waals surface area contributed by atoms with Crippen molar-refractivity contribution in [1.29, 1.82) is 0 Å². The Bertz CT molecular complexity index is 524. The number of aryl methyl sites for hydroxylation is 2. The highest BCUT2D eigenvalue weighted by Gasteiger charge is 2.12. The molecular weight excluding hydrogens is 264 g/mol. The van der Waals surface area contributed by atoms with Crippen LogP contribution in [0.1, 0.15) is 48.2 Å². The van der Waals surface area contributed by atoms with Gasteiger partial charge in [-0.1, -0.05) is 19.9 Å². The predicted molar refractivity (Wildman–Crippen MR) is 83.3 cm³/mol. The van der Waals surface area contributed by atoms with Gasteiger partial charge in [-0.05, 0) is 48.9 Å². The van der Waals surface area contributed by atoms with Gasteiger partial charge < -0.3 is 10.6 Å². The smallest absolute Gasteiger partial charge is 0.251 e. The number of carbonyl (C=O) groups is 2. The van der Waals surface area contributed by atoms with Crippen LogP contribution in [0, 0.1) is 5.92 Å². The van der Waals surface area contributed by atoms with E-state index in [2.05, 4.69) is 16.7 Å². The lowest BCUT2D eigenvalue weighted by molar-refractivity contribution is -0.123. The van der Waals surface area contributed by atoms with E-state index in [4.69, 9.17) is 0 Å². The summed E-state index contributed by atoms with van der Waals surface area (Å²) in [5.74, 6) is -0.0819. The second kappa shape index (κ2) is 7.25. The second-order valence-electron chi connectivity index (χ2n) is 5.89. The molecule has 4 heteroatoms. The second-order valence-corrected chi connectivity index (χ2v) is 5.89. The number of nitrogens with one attached hydrogen (secondary N) is 2. The molecule has 0 aliphatic heterocycles. The lowest BCUT2D eigenvalue weighted by Gasteiger charge is -2.16. The van der Waals surface area contributed by atoms with Gasteiger partial charge in [0.25, 0.3) is 5.91 Å². The first-order valence-corrected chi connectivity index (χ1v) is 7.75. The summed E-state index contributed by atoms with van der Waals surface area (Å²) in [7, 11) is 0. The Balaban J connectivity index is 1.82. The topological polar surface area (TPSA) is 58.2 Å². The molecule has 2 rings (SSSR count). The molecule has 0 fully saturated rings. The molecule has 0 bridgehead atoms. The average molecular weight is 288 g/mol. The van der Waals surface area contributed by atoms with Crippen molar-refractivity contribution >= 4 is 11.8 Å². The van der Waals surface area contributed by atoms with Crippen LogP contribution in [0.3, 0.4) is 0 Å². The van der Waals surface area contributed by atoms with Crippen LogP contribution in [0.5, 0.6) is 0 Å². The number of benzene rings is 1. The summed E-state index contributed by atoms with van der Waals surface area (Å²) in [6, 6.07) is 5.98. The molecule has 1 aromatic carbocycles. The molecule has 2 amide bonds. The summed E-state index contributed by atoms with van der Waals surface area (Å²) in [6.07, 6.45) is 4.65. The van der Waals surface area contributed by atoms with Gasteiger partial charge in [0.2, 0.25) is 5.91 Å². The lowest BCUT2D eigenvalue weighted by atomic mass is 9.90.